The summed E-state index contributed by atoms with van der Waals surface area (Å²) in [4.78, 5) is 0. The maximum atomic E-state index is 9.38. The first-order chi connectivity index (χ1) is 9.31. The molecule has 0 aliphatic heterocycles. The van der Waals surface area contributed by atoms with Gasteiger partial charge >= 0.3 is 0 Å². The lowest BCUT2D eigenvalue weighted by Crippen LogP contribution is -2.14. The Morgan fingerprint density at radius 1 is 1.05 bits per heavy atom. The SMILES string of the molecule is N#Cc1c(C2CCCC2)nn(C2CCCCC2)c1Cl. The lowest BCUT2D eigenvalue weighted by Gasteiger charge is -2.22. The van der Waals surface area contributed by atoms with E-state index in [0.717, 1.165) is 31.4 Å². The van der Waals surface area contributed by atoms with Crippen molar-refractivity contribution in [3.63, 3.8) is 0 Å². The normalized spacial score (nSPS) is 21.7. The van der Waals surface area contributed by atoms with Gasteiger partial charge in [0.15, 0.2) is 0 Å². The Bertz CT molecular complexity index is 488. The maximum Gasteiger partial charge on any atom is 0.145 e. The summed E-state index contributed by atoms with van der Waals surface area (Å²) in [6.45, 7) is 0. The molecule has 0 unspecified atom stereocenters. The second-order valence-corrected chi connectivity index (χ2v) is 6.24. The number of hydrogen-bond donors (Lipinski definition) is 0. The third-order valence-electron chi connectivity index (χ3n) is 4.65. The molecule has 4 heteroatoms. The Morgan fingerprint density at radius 3 is 2.32 bits per heavy atom. The van der Waals surface area contributed by atoms with E-state index in [1.54, 1.807) is 0 Å². The highest BCUT2D eigenvalue weighted by Crippen LogP contribution is 2.39. The van der Waals surface area contributed by atoms with E-state index >= 15 is 0 Å². The van der Waals surface area contributed by atoms with Gasteiger partial charge in [-0.3, -0.25) is 0 Å². The quantitative estimate of drug-likeness (QED) is 0.794. The molecule has 1 aromatic rings. The fourth-order valence-corrected chi connectivity index (χ4v) is 3.90. The van der Waals surface area contributed by atoms with Crippen molar-refractivity contribution < 1.29 is 0 Å². The Balaban J connectivity index is 1.94. The van der Waals surface area contributed by atoms with E-state index in [0.29, 0.717) is 22.7 Å². The Kier molecular flexibility index (Phi) is 3.79. The number of nitriles is 1. The first kappa shape index (κ1) is 13.0. The van der Waals surface area contributed by atoms with Crippen LogP contribution in [0.3, 0.4) is 0 Å². The third-order valence-corrected chi connectivity index (χ3v) is 5.02. The molecule has 0 amide bonds. The Hall–Kier alpha value is -1.01. The molecule has 1 heterocycles. The number of halogens is 1. The molecule has 102 valence electrons. The van der Waals surface area contributed by atoms with Crippen LogP contribution in [-0.2, 0) is 0 Å². The van der Waals surface area contributed by atoms with Gasteiger partial charge in [0.2, 0.25) is 0 Å². The highest BCUT2D eigenvalue weighted by molar-refractivity contribution is 6.30. The van der Waals surface area contributed by atoms with E-state index in [2.05, 4.69) is 6.07 Å². The van der Waals surface area contributed by atoms with Crippen molar-refractivity contribution in [2.45, 2.75) is 69.7 Å². The molecule has 0 bridgehead atoms. The first-order valence-electron chi connectivity index (χ1n) is 7.49. The van der Waals surface area contributed by atoms with Crippen molar-refractivity contribution >= 4 is 11.6 Å². The summed E-state index contributed by atoms with van der Waals surface area (Å²) in [6.07, 6.45) is 10.9. The molecular formula is C15H20ClN3. The average Bonchev–Trinajstić information content (AvgIpc) is 3.07. The molecule has 0 saturated heterocycles. The summed E-state index contributed by atoms with van der Waals surface area (Å²) in [5.74, 6) is 0.456. The Labute approximate surface area is 119 Å². The molecule has 0 radical (unpaired) electrons. The van der Waals surface area contributed by atoms with Gasteiger partial charge in [-0.15, -0.1) is 0 Å². The van der Waals surface area contributed by atoms with Crippen molar-refractivity contribution in [1.82, 2.24) is 9.78 Å². The molecule has 0 atom stereocenters. The minimum atomic E-state index is 0.406. The molecular weight excluding hydrogens is 258 g/mol. The summed E-state index contributed by atoms with van der Waals surface area (Å²) >= 11 is 6.42. The zero-order valence-corrected chi connectivity index (χ0v) is 12.0. The summed E-state index contributed by atoms with van der Waals surface area (Å²) in [5.41, 5.74) is 1.61. The zero-order chi connectivity index (χ0) is 13.2. The van der Waals surface area contributed by atoms with Crippen molar-refractivity contribution in [3.8, 4) is 6.07 Å². The maximum absolute atomic E-state index is 9.38. The van der Waals surface area contributed by atoms with Crippen molar-refractivity contribution in [1.29, 1.82) is 5.26 Å². The number of hydrogen-bond acceptors (Lipinski definition) is 2. The second kappa shape index (κ2) is 5.54. The van der Waals surface area contributed by atoms with Crippen LogP contribution in [0.15, 0.2) is 0 Å². The fraction of sp³-hybridized carbons (Fsp3) is 0.733. The highest BCUT2D eigenvalue weighted by atomic mass is 35.5. The number of aromatic nitrogens is 2. The molecule has 2 aliphatic carbocycles. The van der Waals surface area contributed by atoms with Gasteiger partial charge in [-0.1, -0.05) is 43.7 Å². The monoisotopic (exact) mass is 277 g/mol. The van der Waals surface area contributed by atoms with Crippen LogP contribution in [0.1, 0.15) is 81.0 Å². The van der Waals surface area contributed by atoms with Crippen LogP contribution < -0.4 is 0 Å². The topological polar surface area (TPSA) is 41.6 Å². The van der Waals surface area contributed by atoms with E-state index in [-0.39, 0.29) is 0 Å². The Morgan fingerprint density at radius 2 is 1.68 bits per heavy atom. The van der Waals surface area contributed by atoms with E-state index in [4.69, 9.17) is 16.7 Å². The summed E-state index contributed by atoms with van der Waals surface area (Å²) in [5, 5.41) is 14.7. The predicted octanol–water partition coefficient (Wildman–Crippen LogP) is 4.57. The third kappa shape index (κ3) is 2.39. The van der Waals surface area contributed by atoms with Crippen LogP contribution in [0.25, 0.3) is 0 Å². The summed E-state index contributed by atoms with van der Waals surface area (Å²) < 4.78 is 1.95. The molecule has 2 saturated carbocycles. The molecule has 3 nitrogen and oxygen atoms in total. The fourth-order valence-electron chi connectivity index (χ4n) is 3.59. The van der Waals surface area contributed by atoms with E-state index in [9.17, 15) is 5.26 Å². The van der Waals surface area contributed by atoms with Crippen molar-refractivity contribution in [2.75, 3.05) is 0 Å². The highest BCUT2D eigenvalue weighted by Gasteiger charge is 2.29. The van der Waals surface area contributed by atoms with Gasteiger partial charge in [-0.2, -0.15) is 10.4 Å². The number of rotatable bonds is 2. The molecule has 3 rings (SSSR count). The van der Waals surface area contributed by atoms with Crippen LogP contribution >= 0.6 is 11.6 Å². The van der Waals surface area contributed by atoms with E-state index < -0.39 is 0 Å². The smallest absolute Gasteiger partial charge is 0.145 e. The molecule has 0 aromatic carbocycles. The molecule has 1 aromatic heterocycles. The van der Waals surface area contributed by atoms with Gasteiger partial charge in [0.05, 0.1) is 11.7 Å². The van der Waals surface area contributed by atoms with Gasteiger partial charge in [-0.25, -0.2) is 4.68 Å². The van der Waals surface area contributed by atoms with E-state index in [1.165, 1.54) is 32.1 Å². The van der Waals surface area contributed by atoms with Crippen LogP contribution in [0, 0.1) is 11.3 Å². The van der Waals surface area contributed by atoms with E-state index in [1.807, 2.05) is 4.68 Å². The minimum Gasteiger partial charge on any atom is -0.249 e. The van der Waals surface area contributed by atoms with Gasteiger partial charge in [0, 0.05) is 5.92 Å². The van der Waals surface area contributed by atoms with Crippen LogP contribution in [0.2, 0.25) is 5.15 Å². The van der Waals surface area contributed by atoms with Crippen molar-refractivity contribution in [2.24, 2.45) is 0 Å². The molecule has 19 heavy (non-hydrogen) atoms. The molecule has 2 aliphatic rings. The van der Waals surface area contributed by atoms with Gasteiger partial charge in [0.25, 0.3) is 0 Å². The van der Waals surface area contributed by atoms with Crippen molar-refractivity contribution in [3.05, 3.63) is 16.4 Å². The number of nitrogens with zero attached hydrogens (tertiary/aromatic N) is 3. The minimum absolute atomic E-state index is 0.406. The molecule has 0 N–H and O–H groups in total. The molecule has 2 fully saturated rings. The first-order valence-corrected chi connectivity index (χ1v) is 7.87. The summed E-state index contributed by atoms with van der Waals surface area (Å²) in [6, 6.07) is 2.69. The average molecular weight is 278 g/mol. The van der Waals surface area contributed by atoms with Gasteiger partial charge in [-0.05, 0) is 25.7 Å². The lowest BCUT2D eigenvalue weighted by molar-refractivity contribution is 0.327. The largest absolute Gasteiger partial charge is 0.249 e. The van der Waals surface area contributed by atoms with Gasteiger partial charge < -0.3 is 0 Å². The van der Waals surface area contributed by atoms with Crippen LogP contribution in [0.5, 0.6) is 0 Å². The lowest BCUT2D eigenvalue weighted by atomic mass is 9.96. The predicted molar refractivity (Wildman–Crippen MR) is 75.3 cm³/mol. The van der Waals surface area contributed by atoms with Crippen LogP contribution in [0.4, 0.5) is 0 Å². The molecule has 0 spiro atoms. The zero-order valence-electron chi connectivity index (χ0n) is 11.2. The second-order valence-electron chi connectivity index (χ2n) is 5.88. The standard InChI is InChI=1S/C15H20ClN3/c16-15-13(10-17)14(11-6-4-5-7-11)18-19(15)12-8-2-1-3-9-12/h11-12H,1-9H2. The summed E-state index contributed by atoms with van der Waals surface area (Å²) in [7, 11) is 0. The van der Waals surface area contributed by atoms with Gasteiger partial charge in [0.1, 0.15) is 16.8 Å². The van der Waals surface area contributed by atoms with Crippen LogP contribution in [-0.4, -0.2) is 9.78 Å².